The second kappa shape index (κ2) is 9.02. The molecule has 2 aromatic rings. The number of carbonyl (C=O) groups is 2. The molecular formula is C21H25NO3. The van der Waals surface area contributed by atoms with Crippen molar-refractivity contribution in [1.29, 1.82) is 0 Å². The summed E-state index contributed by atoms with van der Waals surface area (Å²) in [6.45, 7) is 5.99. The number of aryl methyl sites for hydroxylation is 1. The Balaban J connectivity index is 1.91. The lowest BCUT2D eigenvalue weighted by molar-refractivity contribution is -0.150. The van der Waals surface area contributed by atoms with E-state index in [1.165, 1.54) is 0 Å². The molecule has 0 saturated heterocycles. The number of carbonyl (C=O) groups excluding carboxylic acids is 2. The maximum absolute atomic E-state index is 12.4. The van der Waals surface area contributed by atoms with E-state index in [2.05, 4.69) is 5.32 Å². The van der Waals surface area contributed by atoms with Gasteiger partial charge < -0.3 is 10.1 Å². The molecule has 2 rings (SSSR count). The molecule has 0 aliphatic carbocycles. The van der Waals surface area contributed by atoms with E-state index in [-0.39, 0.29) is 24.9 Å². The Labute approximate surface area is 149 Å². The monoisotopic (exact) mass is 339 g/mol. The van der Waals surface area contributed by atoms with Crippen LogP contribution >= 0.6 is 0 Å². The van der Waals surface area contributed by atoms with Gasteiger partial charge in [0.1, 0.15) is 12.6 Å². The van der Waals surface area contributed by atoms with Crippen molar-refractivity contribution in [3.63, 3.8) is 0 Å². The molecule has 1 N–H and O–H groups in total. The van der Waals surface area contributed by atoms with E-state index in [4.69, 9.17) is 4.74 Å². The summed E-state index contributed by atoms with van der Waals surface area (Å²) >= 11 is 0. The minimum atomic E-state index is -0.651. The number of esters is 1. The first kappa shape index (κ1) is 18.7. The molecule has 1 atom stereocenters. The molecule has 0 spiro atoms. The third-order valence-electron chi connectivity index (χ3n) is 3.95. The number of hydrogen-bond acceptors (Lipinski definition) is 3. The normalized spacial score (nSPS) is 11.8. The van der Waals surface area contributed by atoms with Crippen molar-refractivity contribution in [2.45, 2.75) is 39.8 Å². The number of ether oxygens (including phenoxy) is 1. The molecule has 0 unspecified atom stereocenters. The number of nitrogens with one attached hydrogen (secondary N) is 1. The smallest absolute Gasteiger partial charge is 0.329 e. The fourth-order valence-corrected chi connectivity index (χ4v) is 2.43. The highest BCUT2D eigenvalue weighted by Gasteiger charge is 2.25. The van der Waals surface area contributed by atoms with Gasteiger partial charge in [0.25, 0.3) is 0 Å². The molecule has 0 heterocycles. The maximum Gasteiger partial charge on any atom is 0.329 e. The minimum absolute atomic E-state index is 0.0507. The lowest BCUT2D eigenvalue weighted by Gasteiger charge is -2.21. The summed E-state index contributed by atoms with van der Waals surface area (Å²) in [6.07, 6.45) is 0.245. The highest BCUT2D eigenvalue weighted by Crippen LogP contribution is 2.09. The Hall–Kier alpha value is -2.62. The van der Waals surface area contributed by atoms with Gasteiger partial charge >= 0.3 is 5.97 Å². The van der Waals surface area contributed by atoms with Crippen molar-refractivity contribution in [2.75, 3.05) is 0 Å². The van der Waals surface area contributed by atoms with Crippen molar-refractivity contribution >= 4 is 11.9 Å². The molecule has 0 aliphatic heterocycles. The molecule has 0 aromatic heterocycles. The van der Waals surface area contributed by atoms with Gasteiger partial charge in [-0.25, -0.2) is 4.79 Å². The second-order valence-electron chi connectivity index (χ2n) is 6.54. The second-order valence-corrected chi connectivity index (χ2v) is 6.54. The number of hydrogen-bond donors (Lipinski definition) is 1. The molecule has 1 amide bonds. The van der Waals surface area contributed by atoms with Gasteiger partial charge in [0.2, 0.25) is 5.91 Å². The molecule has 132 valence electrons. The van der Waals surface area contributed by atoms with Crippen LogP contribution in [-0.2, 0) is 27.4 Å². The molecule has 0 radical (unpaired) electrons. The van der Waals surface area contributed by atoms with Crippen molar-refractivity contribution in [1.82, 2.24) is 5.32 Å². The Morgan fingerprint density at radius 3 is 2.20 bits per heavy atom. The largest absolute Gasteiger partial charge is 0.459 e. The van der Waals surface area contributed by atoms with Crippen LogP contribution in [0.1, 0.15) is 30.5 Å². The van der Waals surface area contributed by atoms with Gasteiger partial charge in [-0.1, -0.05) is 74.0 Å². The van der Waals surface area contributed by atoms with Crippen molar-refractivity contribution in [3.05, 3.63) is 71.3 Å². The first-order valence-electron chi connectivity index (χ1n) is 8.51. The predicted molar refractivity (Wildman–Crippen MR) is 97.9 cm³/mol. The zero-order valence-corrected chi connectivity index (χ0v) is 15.0. The summed E-state index contributed by atoms with van der Waals surface area (Å²) < 4.78 is 5.39. The first-order chi connectivity index (χ1) is 12.0. The number of rotatable bonds is 7. The zero-order valence-electron chi connectivity index (χ0n) is 15.0. The van der Waals surface area contributed by atoms with Gasteiger partial charge in [-0.15, -0.1) is 0 Å². The molecule has 2 aromatic carbocycles. The fraction of sp³-hybridized carbons (Fsp3) is 0.333. The molecule has 0 aliphatic rings. The van der Waals surface area contributed by atoms with Crippen LogP contribution in [0.2, 0.25) is 0 Å². The van der Waals surface area contributed by atoms with Gasteiger partial charge in [0.15, 0.2) is 0 Å². The van der Waals surface area contributed by atoms with Crippen LogP contribution in [0.15, 0.2) is 54.6 Å². The average Bonchev–Trinajstić information content (AvgIpc) is 2.59. The lowest BCUT2D eigenvalue weighted by Crippen LogP contribution is -2.45. The Bertz CT molecular complexity index is 693. The summed E-state index contributed by atoms with van der Waals surface area (Å²) in [5, 5.41) is 2.80. The quantitative estimate of drug-likeness (QED) is 0.787. The zero-order chi connectivity index (χ0) is 18.2. The Morgan fingerprint density at radius 2 is 1.60 bits per heavy atom. The van der Waals surface area contributed by atoms with Crippen LogP contribution in [-0.4, -0.2) is 17.9 Å². The summed E-state index contributed by atoms with van der Waals surface area (Å²) in [5.41, 5.74) is 3.00. The van der Waals surface area contributed by atoms with Gasteiger partial charge in [0, 0.05) is 0 Å². The Morgan fingerprint density at radius 1 is 0.960 bits per heavy atom. The van der Waals surface area contributed by atoms with E-state index >= 15 is 0 Å². The van der Waals surface area contributed by atoms with Crippen LogP contribution in [0.3, 0.4) is 0 Å². The average molecular weight is 339 g/mol. The SMILES string of the molecule is Cc1ccc(COC(=O)[C@@H](NC(=O)Cc2ccccc2)C(C)C)cc1. The molecule has 4 heteroatoms. The highest BCUT2D eigenvalue weighted by molar-refractivity contribution is 5.85. The van der Waals surface area contributed by atoms with E-state index in [9.17, 15) is 9.59 Å². The van der Waals surface area contributed by atoms with E-state index in [1.54, 1.807) is 0 Å². The molecule has 0 bridgehead atoms. The molecule has 0 fully saturated rings. The van der Waals surface area contributed by atoms with Crippen LogP contribution in [0.5, 0.6) is 0 Å². The molecule has 0 saturated carbocycles. The van der Waals surface area contributed by atoms with E-state index in [1.807, 2.05) is 75.4 Å². The lowest BCUT2D eigenvalue weighted by atomic mass is 10.0. The summed E-state index contributed by atoms with van der Waals surface area (Å²) in [6, 6.07) is 16.6. The highest BCUT2D eigenvalue weighted by atomic mass is 16.5. The van der Waals surface area contributed by atoms with Crippen LogP contribution in [0, 0.1) is 12.8 Å². The standard InChI is InChI=1S/C21H25NO3/c1-15(2)20(22-19(23)13-17-7-5-4-6-8-17)21(24)25-14-18-11-9-16(3)10-12-18/h4-12,15,20H,13-14H2,1-3H3,(H,22,23)/t20-/m0/s1. The topological polar surface area (TPSA) is 55.4 Å². The molecular weight excluding hydrogens is 314 g/mol. The van der Waals surface area contributed by atoms with Crippen LogP contribution in [0.4, 0.5) is 0 Å². The number of benzene rings is 2. The first-order valence-corrected chi connectivity index (χ1v) is 8.51. The predicted octanol–water partition coefficient (Wildman–Crippen LogP) is 3.42. The van der Waals surface area contributed by atoms with Crippen molar-refractivity contribution in [3.8, 4) is 0 Å². The van der Waals surface area contributed by atoms with Crippen molar-refractivity contribution in [2.24, 2.45) is 5.92 Å². The molecule has 4 nitrogen and oxygen atoms in total. The summed E-state index contributed by atoms with van der Waals surface area (Å²) in [5.74, 6) is -0.639. The van der Waals surface area contributed by atoms with Crippen LogP contribution in [0.25, 0.3) is 0 Å². The third-order valence-corrected chi connectivity index (χ3v) is 3.95. The van der Waals surface area contributed by atoms with Crippen molar-refractivity contribution < 1.29 is 14.3 Å². The van der Waals surface area contributed by atoms with Gasteiger partial charge in [-0.2, -0.15) is 0 Å². The maximum atomic E-state index is 12.4. The van der Waals surface area contributed by atoms with E-state index < -0.39 is 12.0 Å². The summed E-state index contributed by atoms with van der Waals surface area (Å²) in [7, 11) is 0. The molecule has 25 heavy (non-hydrogen) atoms. The van der Waals surface area contributed by atoms with E-state index in [0.717, 1.165) is 16.7 Å². The number of amides is 1. The van der Waals surface area contributed by atoms with Gasteiger partial charge in [-0.3, -0.25) is 4.79 Å². The third kappa shape index (κ3) is 6.07. The Kier molecular flexibility index (Phi) is 6.75. The fourth-order valence-electron chi connectivity index (χ4n) is 2.43. The minimum Gasteiger partial charge on any atom is -0.459 e. The van der Waals surface area contributed by atoms with Gasteiger partial charge in [-0.05, 0) is 24.0 Å². The van der Waals surface area contributed by atoms with Crippen LogP contribution < -0.4 is 5.32 Å². The van der Waals surface area contributed by atoms with E-state index in [0.29, 0.717) is 0 Å². The van der Waals surface area contributed by atoms with Gasteiger partial charge in [0.05, 0.1) is 6.42 Å². The summed E-state index contributed by atoms with van der Waals surface area (Å²) in [4.78, 5) is 24.6.